The highest BCUT2D eigenvalue weighted by molar-refractivity contribution is 6.42. The first-order valence-corrected chi connectivity index (χ1v) is 8.59. The summed E-state index contributed by atoms with van der Waals surface area (Å²) in [5, 5.41) is 2.07. The van der Waals surface area contributed by atoms with Crippen molar-refractivity contribution >= 4 is 39.9 Å². The zero-order valence-electron chi connectivity index (χ0n) is 13.9. The van der Waals surface area contributed by atoms with E-state index in [4.69, 9.17) is 23.2 Å². The summed E-state index contributed by atoms with van der Waals surface area (Å²) in [5.41, 5.74) is 2.42. The van der Waals surface area contributed by atoms with Crippen molar-refractivity contribution in [3.8, 4) is 0 Å². The first-order valence-electron chi connectivity index (χ1n) is 7.84. The molecule has 0 bridgehead atoms. The lowest BCUT2D eigenvalue weighted by atomic mass is 9.86. The van der Waals surface area contributed by atoms with Gasteiger partial charge in [-0.15, -0.1) is 0 Å². The van der Waals surface area contributed by atoms with Crippen LogP contribution in [-0.4, -0.2) is 10.4 Å². The summed E-state index contributed by atoms with van der Waals surface area (Å²) < 4.78 is 2.09. The number of Topliss-reactive ketones (excluding diaryl/α,β-unsaturated/α-hetero) is 1. The molecule has 0 spiro atoms. The molecule has 0 radical (unpaired) electrons. The Kier molecular flexibility index (Phi) is 4.46. The van der Waals surface area contributed by atoms with Crippen molar-refractivity contribution in [3.05, 3.63) is 69.8 Å². The summed E-state index contributed by atoms with van der Waals surface area (Å²) in [6.07, 6.45) is 1.95. The summed E-state index contributed by atoms with van der Waals surface area (Å²) >= 11 is 12.1. The van der Waals surface area contributed by atoms with Crippen LogP contribution in [0.25, 0.3) is 10.9 Å². The Balaban J connectivity index is 2.08. The Bertz CT molecular complexity index is 919. The SMILES string of the molecule is CC(C)(C)C(=O)c1cn(Cc2ccc(Cl)c(Cl)c2)c2ccccc12. The highest BCUT2D eigenvalue weighted by atomic mass is 35.5. The Morgan fingerprint density at radius 1 is 1.04 bits per heavy atom. The molecule has 3 aromatic rings. The molecule has 0 saturated carbocycles. The zero-order chi connectivity index (χ0) is 17.5. The first kappa shape index (κ1) is 17.1. The number of aromatic nitrogens is 1. The molecule has 0 fully saturated rings. The van der Waals surface area contributed by atoms with E-state index < -0.39 is 5.41 Å². The van der Waals surface area contributed by atoms with E-state index in [0.29, 0.717) is 16.6 Å². The molecule has 2 nitrogen and oxygen atoms in total. The van der Waals surface area contributed by atoms with Crippen molar-refractivity contribution in [2.75, 3.05) is 0 Å². The molecule has 3 rings (SSSR count). The Hall–Kier alpha value is -1.77. The van der Waals surface area contributed by atoms with E-state index in [9.17, 15) is 4.79 Å². The van der Waals surface area contributed by atoms with Crippen LogP contribution in [-0.2, 0) is 6.54 Å². The average Bonchev–Trinajstić information content (AvgIpc) is 2.88. The number of para-hydroxylation sites is 1. The third kappa shape index (κ3) is 3.22. The molecular formula is C20H19Cl2NO. The van der Waals surface area contributed by atoms with Gasteiger partial charge in [-0.3, -0.25) is 4.79 Å². The number of hydrogen-bond acceptors (Lipinski definition) is 1. The van der Waals surface area contributed by atoms with E-state index in [1.165, 1.54) is 0 Å². The molecule has 0 aliphatic rings. The molecular weight excluding hydrogens is 341 g/mol. The fourth-order valence-corrected chi connectivity index (χ4v) is 3.12. The van der Waals surface area contributed by atoms with Gasteiger partial charge in [-0.1, -0.05) is 68.2 Å². The summed E-state index contributed by atoms with van der Waals surface area (Å²) in [5.74, 6) is 0.145. The number of nitrogens with zero attached hydrogens (tertiary/aromatic N) is 1. The molecule has 24 heavy (non-hydrogen) atoms. The number of benzene rings is 2. The number of fused-ring (bicyclic) bond motifs is 1. The van der Waals surface area contributed by atoms with Crippen LogP contribution in [0.4, 0.5) is 0 Å². The van der Waals surface area contributed by atoms with Crippen LogP contribution in [0.5, 0.6) is 0 Å². The number of halogens is 2. The highest BCUT2D eigenvalue weighted by Gasteiger charge is 2.26. The lowest BCUT2D eigenvalue weighted by Crippen LogP contribution is -2.19. The second-order valence-corrected chi connectivity index (χ2v) is 7.83. The molecule has 0 amide bonds. The predicted octanol–water partition coefficient (Wildman–Crippen LogP) is 6.23. The van der Waals surface area contributed by atoms with Crippen LogP contribution in [0.2, 0.25) is 10.0 Å². The first-order chi connectivity index (χ1) is 11.3. The number of carbonyl (C=O) groups is 1. The quantitative estimate of drug-likeness (QED) is 0.508. The summed E-state index contributed by atoms with van der Waals surface area (Å²) in [6, 6.07) is 13.6. The number of ketones is 1. The number of carbonyl (C=O) groups excluding carboxylic acids is 1. The molecule has 1 heterocycles. The Labute approximate surface area is 152 Å². The minimum absolute atomic E-state index is 0.145. The highest BCUT2D eigenvalue weighted by Crippen LogP contribution is 2.29. The molecule has 0 aliphatic carbocycles. The van der Waals surface area contributed by atoms with Crippen molar-refractivity contribution in [2.24, 2.45) is 5.41 Å². The molecule has 1 aromatic heterocycles. The molecule has 2 aromatic carbocycles. The average molecular weight is 360 g/mol. The van der Waals surface area contributed by atoms with Gasteiger partial charge < -0.3 is 4.57 Å². The lowest BCUT2D eigenvalue weighted by Gasteiger charge is -2.15. The topological polar surface area (TPSA) is 22.0 Å². The Morgan fingerprint density at radius 2 is 1.75 bits per heavy atom. The van der Waals surface area contributed by atoms with Crippen LogP contribution >= 0.6 is 23.2 Å². The zero-order valence-corrected chi connectivity index (χ0v) is 15.4. The van der Waals surface area contributed by atoms with Gasteiger partial charge in [0.1, 0.15) is 0 Å². The second-order valence-electron chi connectivity index (χ2n) is 7.02. The second kappa shape index (κ2) is 6.27. The van der Waals surface area contributed by atoms with Gasteiger partial charge in [-0.2, -0.15) is 0 Å². The van der Waals surface area contributed by atoms with Gasteiger partial charge >= 0.3 is 0 Å². The number of hydrogen-bond donors (Lipinski definition) is 0. The molecule has 0 atom stereocenters. The van der Waals surface area contributed by atoms with Crippen molar-refractivity contribution in [3.63, 3.8) is 0 Å². The van der Waals surface area contributed by atoms with Crippen molar-refractivity contribution < 1.29 is 4.79 Å². The normalized spacial score (nSPS) is 11.9. The van der Waals surface area contributed by atoms with Gasteiger partial charge in [0.05, 0.1) is 10.0 Å². The fraction of sp³-hybridized carbons (Fsp3) is 0.250. The van der Waals surface area contributed by atoms with E-state index >= 15 is 0 Å². The van der Waals surface area contributed by atoms with Crippen LogP contribution in [0.15, 0.2) is 48.7 Å². The van der Waals surface area contributed by atoms with E-state index in [1.54, 1.807) is 6.07 Å². The van der Waals surface area contributed by atoms with Crippen molar-refractivity contribution in [2.45, 2.75) is 27.3 Å². The van der Waals surface area contributed by atoms with Gasteiger partial charge in [0.15, 0.2) is 5.78 Å². The summed E-state index contributed by atoms with van der Waals surface area (Å²) in [7, 11) is 0. The van der Waals surface area contributed by atoms with Crippen LogP contribution < -0.4 is 0 Å². The van der Waals surface area contributed by atoms with E-state index in [-0.39, 0.29) is 5.78 Å². The van der Waals surface area contributed by atoms with E-state index in [1.807, 2.05) is 63.4 Å². The monoisotopic (exact) mass is 359 g/mol. The lowest BCUT2D eigenvalue weighted by molar-refractivity contribution is 0.0860. The fourth-order valence-electron chi connectivity index (χ4n) is 2.80. The smallest absolute Gasteiger partial charge is 0.170 e. The van der Waals surface area contributed by atoms with Crippen LogP contribution in [0.1, 0.15) is 36.7 Å². The van der Waals surface area contributed by atoms with Gasteiger partial charge in [0.2, 0.25) is 0 Å². The van der Waals surface area contributed by atoms with Gasteiger partial charge in [-0.05, 0) is 23.8 Å². The summed E-state index contributed by atoms with van der Waals surface area (Å²) in [6.45, 7) is 6.47. The van der Waals surface area contributed by atoms with Gasteiger partial charge in [0, 0.05) is 34.6 Å². The molecule has 0 aliphatic heterocycles. The number of rotatable bonds is 3. The molecule has 124 valence electrons. The minimum Gasteiger partial charge on any atom is -0.342 e. The maximum atomic E-state index is 12.8. The maximum Gasteiger partial charge on any atom is 0.170 e. The van der Waals surface area contributed by atoms with Crippen molar-refractivity contribution in [1.29, 1.82) is 0 Å². The van der Waals surface area contributed by atoms with Gasteiger partial charge in [-0.25, -0.2) is 0 Å². The minimum atomic E-state index is -0.418. The Morgan fingerprint density at radius 3 is 2.42 bits per heavy atom. The molecule has 0 saturated heterocycles. The van der Waals surface area contributed by atoms with Crippen molar-refractivity contribution in [1.82, 2.24) is 4.57 Å². The van der Waals surface area contributed by atoms with Crippen LogP contribution in [0.3, 0.4) is 0 Å². The van der Waals surface area contributed by atoms with Gasteiger partial charge in [0.25, 0.3) is 0 Å². The molecule has 0 N–H and O–H groups in total. The summed E-state index contributed by atoms with van der Waals surface area (Å²) in [4.78, 5) is 12.8. The predicted molar refractivity (Wildman–Crippen MR) is 101 cm³/mol. The molecule has 4 heteroatoms. The van der Waals surface area contributed by atoms with E-state index in [2.05, 4.69) is 4.57 Å². The third-order valence-corrected chi connectivity index (χ3v) is 4.79. The third-order valence-electron chi connectivity index (χ3n) is 4.05. The van der Waals surface area contributed by atoms with Crippen LogP contribution in [0, 0.1) is 5.41 Å². The van der Waals surface area contributed by atoms with E-state index in [0.717, 1.165) is 22.0 Å². The maximum absolute atomic E-state index is 12.8. The standard InChI is InChI=1S/C20H19Cl2NO/c1-20(2,3)19(24)15-12-23(18-7-5-4-6-14(15)18)11-13-8-9-16(21)17(22)10-13/h4-10,12H,11H2,1-3H3. The largest absolute Gasteiger partial charge is 0.342 e. The molecule has 0 unspecified atom stereocenters.